The highest BCUT2D eigenvalue weighted by molar-refractivity contribution is 8.24. The average molecular weight is 548 g/mol. The molecule has 1 N–H and O–H groups in total. The number of carbonyl (C=O) groups excluding carboxylic acids is 2. The summed E-state index contributed by atoms with van der Waals surface area (Å²) in [6.45, 7) is 12.0. The van der Waals surface area contributed by atoms with Gasteiger partial charge in [-0.05, 0) is 57.1 Å². The number of ether oxygens (including phenoxy) is 2. The molecule has 0 aromatic heterocycles. The van der Waals surface area contributed by atoms with Crippen LogP contribution in [0.4, 0.5) is 0 Å². The van der Waals surface area contributed by atoms with Gasteiger partial charge in [-0.25, -0.2) is 4.79 Å². The number of fused-ring (bicyclic) bond motifs is 1. The molecule has 0 saturated heterocycles. The van der Waals surface area contributed by atoms with Gasteiger partial charge in [0.2, 0.25) is 0 Å². The number of unbranched alkanes of at least 4 members (excludes halogenated alkanes) is 2. The highest BCUT2D eigenvalue weighted by Crippen LogP contribution is 2.56. The third-order valence-corrected chi connectivity index (χ3v) is 9.38. The monoisotopic (exact) mass is 547 g/mol. The van der Waals surface area contributed by atoms with Crippen molar-refractivity contribution in [1.82, 2.24) is 0 Å². The molecule has 8 heteroatoms. The maximum Gasteiger partial charge on any atom is 0.350 e. The Morgan fingerprint density at radius 2 is 1.73 bits per heavy atom. The van der Waals surface area contributed by atoms with Crippen molar-refractivity contribution >= 4 is 35.5 Å². The van der Waals surface area contributed by atoms with Gasteiger partial charge in [-0.2, -0.15) is 5.26 Å². The Morgan fingerprint density at radius 3 is 2.35 bits per heavy atom. The van der Waals surface area contributed by atoms with Gasteiger partial charge in [0.15, 0.2) is 5.57 Å². The highest BCUT2D eigenvalue weighted by Gasteiger charge is 2.30. The van der Waals surface area contributed by atoms with Crippen molar-refractivity contribution in [1.29, 1.82) is 5.26 Å². The topological polar surface area (TPSA) is 96.6 Å². The zero-order valence-electron chi connectivity index (χ0n) is 23.0. The second-order valence-electron chi connectivity index (χ2n) is 10.5. The molecule has 37 heavy (non-hydrogen) atoms. The zero-order valence-corrected chi connectivity index (χ0v) is 24.7. The van der Waals surface area contributed by atoms with Gasteiger partial charge in [0.1, 0.15) is 11.8 Å². The Labute approximate surface area is 230 Å². The predicted octanol–water partition coefficient (Wildman–Crippen LogP) is 7.56. The molecule has 6 nitrogen and oxygen atoms in total. The molecular weight excluding hydrogens is 506 g/mol. The molecule has 2 rings (SSSR count). The molecule has 1 aliphatic heterocycles. The van der Waals surface area contributed by atoms with Gasteiger partial charge < -0.3 is 14.6 Å². The van der Waals surface area contributed by atoms with Crippen LogP contribution >= 0.6 is 23.5 Å². The summed E-state index contributed by atoms with van der Waals surface area (Å²) in [5, 5.41) is 19.5. The van der Waals surface area contributed by atoms with Crippen molar-refractivity contribution < 1.29 is 24.2 Å². The van der Waals surface area contributed by atoms with E-state index in [2.05, 4.69) is 20.8 Å². The predicted molar refractivity (Wildman–Crippen MR) is 149 cm³/mol. The Balaban J connectivity index is 1.99. The number of nitrogens with zero attached hydrogens (tertiary/aromatic N) is 1. The number of aliphatic hydroxyl groups is 1. The molecule has 0 spiro atoms. The molecular formula is C29H41NO5S2. The molecule has 204 valence electrons. The fourth-order valence-electron chi connectivity index (χ4n) is 3.92. The van der Waals surface area contributed by atoms with Crippen molar-refractivity contribution in [3.63, 3.8) is 0 Å². The first-order chi connectivity index (χ1) is 17.5. The van der Waals surface area contributed by atoms with E-state index in [4.69, 9.17) is 9.47 Å². The summed E-state index contributed by atoms with van der Waals surface area (Å²) in [7, 11) is 0. The van der Waals surface area contributed by atoms with E-state index < -0.39 is 11.6 Å². The van der Waals surface area contributed by atoms with Crippen LogP contribution in [0.5, 0.6) is 5.75 Å². The number of thioether (sulfide) groups is 2. The van der Waals surface area contributed by atoms with Crippen molar-refractivity contribution in [3.8, 4) is 11.8 Å². The molecule has 1 heterocycles. The molecule has 2 atom stereocenters. The van der Waals surface area contributed by atoms with Gasteiger partial charge in [0.25, 0.3) is 0 Å². The minimum Gasteiger partial charge on any atom is -0.461 e. The molecule has 1 aromatic carbocycles. The van der Waals surface area contributed by atoms with Crippen molar-refractivity contribution in [3.05, 3.63) is 27.5 Å². The third-order valence-electron chi connectivity index (χ3n) is 6.63. The molecule has 0 bridgehead atoms. The third kappa shape index (κ3) is 10.0. The first kappa shape index (κ1) is 31.3. The average Bonchev–Trinajstić information content (AvgIpc) is 3.26. The molecule has 0 radical (unpaired) electrons. The van der Waals surface area contributed by atoms with E-state index in [0.29, 0.717) is 28.2 Å². The summed E-state index contributed by atoms with van der Waals surface area (Å²) in [5.41, 5.74) is -0.0738. The zero-order chi connectivity index (χ0) is 27.6. The normalized spacial score (nSPS) is 15.9. The number of hydrogen-bond donors (Lipinski definition) is 1. The van der Waals surface area contributed by atoms with Crippen LogP contribution in [0.15, 0.2) is 31.7 Å². The first-order valence-corrected chi connectivity index (χ1v) is 14.8. The van der Waals surface area contributed by atoms with Gasteiger partial charge in [-0.3, -0.25) is 4.79 Å². The van der Waals surface area contributed by atoms with Gasteiger partial charge in [-0.1, -0.05) is 76.0 Å². The van der Waals surface area contributed by atoms with E-state index in [9.17, 15) is 20.0 Å². The summed E-state index contributed by atoms with van der Waals surface area (Å²) in [5.74, 6) is 0.681. The molecule has 0 fully saturated rings. The van der Waals surface area contributed by atoms with Gasteiger partial charge in [0.05, 0.1) is 21.3 Å². The minimum absolute atomic E-state index is 0.0150. The van der Waals surface area contributed by atoms with Crippen LogP contribution in [0.3, 0.4) is 0 Å². The second kappa shape index (κ2) is 14.8. The molecule has 0 aliphatic carbocycles. The van der Waals surface area contributed by atoms with Crippen molar-refractivity contribution in [2.45, 2.75) is 108 Å². The maximum atomic E-state index is 12.6. The molecule has 2 unspecified atom stereocenters. The number of aryl methyl sites for hydroxylation is 1. The summed E-state index contributed by atoms with van der Waals surface area (Å²) in [6.07, 6.45) is 7.40. The number of hydrogen-bond acceptors (Lipinski definition) is 8. The summed E-state index contributed by atoms with van der Waals surface area (Å²) < 4.78 is 11.5. The molecule has 0 amide bonds. The minimum atomic E-state index is -0.964. The number of carbonyl (C=O) groups is 2. The van der Waals surface area contributed by atoms with E-state index in [-0.39, 0.29) is 24.6 Å². The molecule has 0 saturated carbocycles. The van der Waals surface area contributed by atoms with E-state index >= 15 is 0 Å². The number of benzene rings is 1. The Kier molecular flexibility index (Phi) is 12.5. The first-order valence-electron chi connectivity index (χ1n) is 13.2. The van der Waals surface area contributed by atoms with Gasteiger partial charge in [-0.15, -0.1) is 0 Å². The van der Waals surface area contributed by atoms with Crippen LogP contribution in [0.2, 0.25) is 0 Å². The quantitative estimate of drug-likeness (QED) is 0.0838. The van der Waals surface area contributed by atoms with Crippen LogP contribution in [0.1, 0.15) is 91.5 Å². The summed E-state index contributed by atoms with van der Waals surface area (Å²) in [4.78, 5) is 26.8. The second-order valence-corrected chi connectivity index (χ2v) is 12.8. The fourth-order valence-corrected chi connectivity index (χ4v) is 6.56. The van der Waals surface area contributed by atoms with Crippen molar-refractivity contribution in [2.24, 2.45) is 11.8 Å². The van der Waals surface area contributed by atoms with Crippen LogP contribution in [-0.2, 0) is 14.3 Å². The van der Waals surface area contributed by atoms with Gasteiger partial charge in [0, 0.05) is 17.7 Å². The van der Waals surface area contributed by atoms with Crippen LogP contribution in [0.25, 0.3) is 0 Å². The lowest BCUT2D eigenvalue weighted by molar-refractivity contribution is -0.139. The number of rotatable bonds is 14. The standard InChI is InChI=1S/C29H41NO5S2/c1-7-8-9-11-19(2)20(3)12-10-13-24(31)35-23-15-14-21(4)25-26(23)37-28(36-25)22(18-30)27(32)34-17-16-29(5,6)33/h14-15,19-20,33H,7-13,16-17H2,1-6H3/b28-22+. The number of esters is 2. The Hall–Kier alpha value is -1.95. The van der Waals surface area contributed by atoms with Crippen LogP contribution in [-0.4, -0.2) is 29.3 Å². The highest BCUT2D eigenvalue weighted by atomic mass is 32.2. The van der Waals surface area contributed by atoms with Crippen LogP contribution in [0, 0.1) is 30.1 Å². The SMILES string of the molecule is CCCCCC(C)C(C)CCCC(=O)Oc1ccc(C)c2c1S/C(=C(\C#N)C(=O)OCCC(C)(C)O)S2. The lowest BCUT2D eigenvalue weighted by Gasteiger charge is -2.19. The summed E-state index contributed by atoms with van der Waals surface area (Å²) in [6, 6.07) is 5.62. The smallest absolute Gasteiger partial charge is 0.350 e. The van der Waals surface area contributed by atoms with E-state index in [0.717, 1.165) is 28.2 Å². The number of nitriles is 1. The van der Waals surface area contributed by atoms with E-state index in [1.165, 1.54) is 49.2 Å². The molecule has 1 aromatic rings. The Morgan fingerprint density at radius 1 is 1.08 bits per heavy atom. The summed E-state index contributed by atoms with van der Waals surface area (Å²) >= 11 is 2.57. The van der Waals surface area contributed by atoms with E-state index in [1.54, 1.807) is 19.9 Å². The van der Waals surface area contributed by atoms with Gasteiger partial charge >= 0.3 is 11.9 Å². The fraction of sp³-hybridized carbons (Fsp3) is 0.621. The van der Waals surface area contributed by atoms with E-state index in [1.807, 2.05) is 19.1 Å². The maximum absolute atomic E-state index is 12.6. The lowest BCUT2D eigenvalue weighted by atomic mass is 9.87. The van der Waals surface area contributed by atoms with Crippen molar-refractivity contribution in [2.75, 3.05) is 6.61 Å². The largest absolute Gasteiger partial charge is 0.461 e. The van der Waals surface area contributed by atoms with Crippen LogP contribution < -0.4 is 4.74 Å². The Bertz CT molecular complexity index is 1020. The lowest BCUT2D eigenvalue weighted by Crippen LogP contribution is -2.22. The molecule has 1 aliphatic rings.